The fourth-order valence-electron chi connectivity index (χ4n) is 4.34. The summed E-state index contributed by atoms with van der Waals surface area (Å²) in [5, 5.41) is 7.27. The van der Waals surface area contributed by atoms with Crippen molar-refractivity contribution in [1.29, 1.82) is 0 Å². The van der Waals surface area contributed by atoms with Crippen LogP contribution in [-0.2, 0) is 16.2 Å². The van der Waals surface area contributed by atoms with Crippen molar-refractivity contribution in [2.45, 2.75) is 31.4 Å². The smallest absolute Gasteiger partial charge is 0.445 e. The van der Waals surface area contributed by atoms with Crippen molar-refractivity contribution >= 4 is 43.0 Å². The number of aromatic nitrogens is 3. The minimum Gasteiger partial charge on any atom is -0.459 e. The molecule has 1 saturated heterocycles. The van der Waals surface area contributed by atoms with E-state index in [1.165, 1.54) is 10.6 Å². The van der Waals surface area contributed by atoms with Gasteiger partial charge in [0, 0.05) is 37.5 Å². The molecule has 3 aromatic rings. The van der Waals surface area contributed by atoms with Crippen LogP contribution < -0.4 is 4.90 Å². The normalized spacial score (nSPS) is 19.1. The average Bonchev–Trinajstić information content (AvgIpc) is 3.46. The molecule has 0 aliphatic carbocycles. The van der Waals surface area contributed by atoms with E-state index in [1.54, 1.807) is 6.20 Å². The number of alkyl halides is 3. The number of halogens is 3. The van der Waals surface area contributed by atoms with Gasteiger partial charge in [-0.2, -0.15) is 17.5 Å². The van der Waals surface area contributed by atoms with Crippen molar-refractivity contribution < 1.29 is 26.0 Å². The van der Waals surface area contributed by atoms with E-state index < -0.39 is 21.2 Å². The summed E-state index contributed by atoms with van der Waals surface area (Å²) >= 11 is 0.569. The molecule has 0 radical (unpaired) electrons. The summed E-state index contributed by atoms with van der Waals surface area (Å²) in [6.45, 7) is 1.91. The second-order valence-corrected chi connectivity index (χ2v) is 11.4. The SMILES string of the molecule is CS(=O)(=O)N1CC=C(c2cc3cc(C4CCN(c5nnc(C(F)(F)F)s5)CC4)oc3cn2)CC1. The number of piperidine rings is 1. The number of anilines is 1. The molecule has 0 atom stereocenters. The van der Waals surface area contributed by atoms with E-state index in [-0.39, 0.29) is 5.92 Å². The van der Waals surface area contributed by atoms with E-state index in [4.69, 9.17) is 4.42 Å². The zero-order valence-electron chi connectivity index (χ0n) is 18.2. The highest BCUT2D eigenvalue weighted by Crippen LogP contribution is 2.38. The van der Waals surface area contributed by atoms with E-state index in [9.17, 15) is 21.6 Å². The van der Waals surface area contributed by atoms with Crippen molar-refractivity contribution in [2.75, 3.05) is 37.3 Å². The average molecular weight is 514 g/mol. The van der Waals surface area contributed by atoms with E-state index in [1.807, 2.05) is 23.1 Å². The standard InChI is InChI=1S/C21H22F3N5O3S2/c1-34(30,31)29-8-4-13(5-9-29)16-10-15-11-17(32-18(15)12-25-16)14-2-6-28(7-3-14)20-27-26-19(33-20)21(22,23)24/h4,10-12,14H,2-3,5-9H2,1H3. The zero-order valence-corrected chi connectivity index (χ0v) is 19.9. The third-order valence-corrected chi connectivity index (χ3v) is 8.52. The molecule has 0 aromatic carbocycles. The van der Waals surface area contributed by atoms with E-state index in [2.05, 4.69) is 15.2 Å². The molecule has 2 aliphatic heterocycles. The molecule has 0 saturated carbocycles. The first-order valence-electron chi connectivity index (χ1n) is 10.8. The second-order valence-electron chi connectivity index (χ2n) is 8.51. The van der Waals surface area contributed by atoms with Crippen LogP contribution in [0.3, 0.4) is 0 Å². The third kappa shape index (κ3) is 4.68. The lowest BCUT2D eigenvalue weighted by atomic mass is 9.94. The minimum absolute atomic E-state index is 0.152. The molecule has 8 nitrogen and oxygen atoms in total. The molecule has 0 bridgehead atoms. The number of pyridine rings is 1. The van der Waals surface area contributed by atoms with Crippen LogP contribution in [0.5, 0.6) is 0 Å². The Morgan fingerprint density at radius 2 is 1.91 bits per heavy atom. The molecule has 182 valence electrons. The van der Waals surface area contributed by atoms with E-state index in [0.29, 0.717) is 54.7 Å². The van der Waals surface area contributed by atoms with Crippen LogP contribution in [0.25, 0.3) is 16.5 Å². The van der Waals surface area contributed by atoms with Gasteiger partial charge in [0.2, 0.25) is 20.2 Å². The Morgan fingerprint density at radius 3 is 2.53 bits per heavy atom. The summed E-state index contributed by atoms with van der Waals surface area (Å²) in [4.78, 5) is 6.34. The Kier molecular flexibility index (Phi) is 5.89. The minimum atomic E-state index is -4.48. The number of rotatable bonds is 4. The first-order chi connectivity index (χ1) is 16.1. The Morgan fingerprint density at radius 1 is 1.15 bits per heavy atom. The predicted molar refractivity (Wildman–Crippen MR) is 122 cm³/mol. The third-order valence-electron chi connectivity index (χ3n) is 6.22. The Labute approximate surface area is 198 Å². The largest absolute Gasteiger partial charge is 0.459 e. The molecule has 1 fully saturated rings. The molecule has 0 amide bonds. The maximum Gasteiger partial charge on any atom is 0.445 e. The van der Waals surface area contributed by atoms with Crippen LogP contribution in [0.4, 0.5) is 18.3 Å². The van der Waals surface area contributed by atoms with Crippen LogP contribution in [0.1, 0.15) is 41.6 Å². The van der Waals surface area contributed by atoms with Crippen LogP contribution in [0.15, 0.2) is 28.8 Å². The molecule has 0 unspecified atom stereocenters. The molecule has 5 rings (SSSR count). The molecular weight excluding hydrogens is 491 g/mol. The summed E-state index contributed by atoms with van der Waals surface area (Å²) < 4.78 is 69.3. The van der Waals surface area contributed by atoms with Gasteiger partial charge in [0.05, 0.1) is 18.1 Å². The van der Waals surface area contributed by atoms with Gasteiger partial charge in [-0.1, -0.05) is 17.4 Å². The topological polar surface area (TPSA) is 92.4 Å². The highest BCUT2D eigenvalue weighted by molar-refractivity contribution is 7.88. The summed E-state index contributed by atoms with van der Waals surface area (Å²) in [6.07, 6.45) is 2.37. The number of furan rings is 1. The molecule has 5 heterocycles. The van der Waals surface area contributed by atoms with Gasteiger partial charge in [-0.25, -0.2) is 8.42 Å². The molecule has 34 heavy (non-hydrogen) atoms. The molecule has 13 heteroatoms. The van der Waals surface area contributed by atoms with Gasteiger partial charge in [-0.3, -0.25) is 4.98 Å². The summed E-state index contributed by atoms with van der Waals surface area (Å²) in [5.74, 6) is 0.988. The van der Waals surface area contributed by atoms with Crippen molar-refractivity contribution in [3.63, 3.8) is 0 Å². The number of hydrogen-bond donors (Lipinski definition) is 0. The van der Waals surface area contributed by atoms with Gasteiger partial charge in [-0.05, 0) is 37.0 Å². The van der Waals surface area contributed by atoms with Crippen molar-refractivity contribution in [1.82, 2.24) is 19.5 Å². The van der Waals surface area contributed by atoms with Crippen LogP contribution in [0, 0.1) is 0 Å². The monoisotopic (exact) mass is 513 g/mol. The molecule has 2 aliphatic rings. The van der Waals surface area contributed by atoms with Gasteiger partial charge < -0.3 is 9.32 Å². The summed E-state index contributed by atoms with van der Waals surface area (Å²) in [7, 11) is -3.21. The summed E-state index contributed by atoms with van der Waals surface area (Å²) in [6, 6.07) is 3.96. The van der Waals surface area contributed by atoms with Crippen molar-refractivity contribution in [3.8, 4) is 0 Å². The Bertz CT molecular complexity index is 1340. The quantitative estimate of drug-likeness (QED) is 0.518. The van der Waals surface area contributed by atoms with Crippen molar-refractivity contribution in [2.24, 2.45) is 0 Å². The predicted octanol–water partition coefficient (Wildman–Crippen LogP) is 4.13. The van der Waals surface area contributed by atoms with Crippen LogP contribution in [-0.4, -0.2) is 60.3 Å². The van der Waals surface area contributed by atoms with Crippen LogP contribution in [0.2, 0.25) is 0 Å². The van der Waals surface area contributed by atoms with Gasteiger partial charge in [0.25, 0.3) is 0 Å². The Hall–Kier alpha value is -2.51. The van der Waals surface area contributed by atoms with Crippen molar-refractivity contribution in [3.05, 3.63) is 40.9 Å². The fraction of sp³-hybridized carbons (Fsp3) is 0.476. The zero-order chi connectivity index (χ0) is 24.1. The first-order valence-corrected chi connectivity index (χ1v) is 13.4. The lowest BCUT2D eigenvalue weighted by Gasteiger charge is -2.30. The highest BCUT2D eigenvalue weighted by atomic mass is 32.2. The highest BCUT2D eigenvalue weighted by Gasteiger charge is 2.36. The molecule has 0 N–H and O–H groups in total. The number of sulfonamides is 1. The van der Waals surface area contributed by atoms with E-state index in [0.717, 1.165) is 35.3 Å². The lowest BCUT2D eigenvalue weighted by molar-refractivity contribution is -0.138. The van der Waals surface area contributed by atoms with Gasteiger partial charge in [-0.15, -0.1) is 10.2 Å². The molecular formula is C21H22F3N5O3S2. The number of hydrogen-bond acceptors (Lipinski definition) is 8. The summed E-state index contributed by atoms with van der Waals surface area (Å²) in [5.41, 5.74) is 2.49. The van der Waals surface area contributed by atoms with E-state index >= 15 is 0 Å². The second kappa shape index (κ2) is 8.61. The number of nitrogens with zero attached hydrogens (tertiary/aromatic N) is 5. The van der Waals surface area contributed by atoms with Gasteiger partial charge >= 0.3 is 6.18 Å². The van der Waals surface area contributed by atoms with Gasteiger partial charge in [0.1, 0.15) is 5.76 Å². The molecule has 0 spiro atoms. The first kappa shape index (κ1) is 23.2. The Balaban J connectivity index is 1.27. The van der Waals surface area contributed by atoms with Gasteiger partial charge in [0.15, 0.2) is 5.58 Å². The maximum absolute atomic E-state index is 12.8. The lowest BCUT2D eigenvalue weighted by Crippen LogP contribution is -2.33. The fourth-order valence-corrected chi connectivity index (χ4v) is 5.87. The van der Waals surface area contributed by atoms with Crippen LogP contribution >= 0.6 is 11.3 Å². The molecule has 3 aromatic heterocycles. The number of fused-ring (bicyclic) bond motifs is 1. The maximum atomic E-state index is 12.8.